The molecule has 0 saturated carbocycles. The van der Waals surface area contributed by atoms with Gasteiger partial charge in [-0.15, -0.1) is 0 Å². The van der Waals surface area contributed by atoms with E-state index in [-0.39, 0.29) is 11.8 Å². The first-order chi connectivity index (χ1) is 7.40. The van der Waals surface area contributed by atoms with Crippen LogP contribution >= 0.6 is 11.8 Å². The van der Waals surface area contributed by atoms with E-state index in [1.54, 1.807) is 0 Å². The van der Waals surface area contributed by atoms with Crippen molar-refractivity contribution in [2.45, 2.75) is 25.0 Å². The van der Waals surface area contributed by atoms with Gasteiger partial charge in [-0.25, -0.2) is 8.42 Å². The van der Waals surface area contributed by atoms with Gasteiger partial charge in [-0.1, -0.05) is 0 Å². The minimum absolute atomic E-state index is 0.174. The van der Waals surface area contributed by atoms with Crippen molar-refractivity contribution in [1.29, 1.82) is 0 Å². The quantitative estimate of drug-likeness (QED) is 0.772. The molecule has 0 bridgehead atoms. The number of aliphatic hydroxyl groups excluding tert-OH is 1. The molecule has 0 amide bonds. The van der Waals surface area contributed by atoms with Gasteiger partial charge in [0.2, 0.25) is 0 Å². The molecule has 4 nitrogen and oxygen atoms in total. The van der Waals surface area contributed by atoms with Crippen LogP contribution < -0.4 is 0 Å². The van der Waals surface area contributed by atoms with Crippen molar-refractivity contribution in [3.8, 4) is 0 Å². The highest BCUT2D eigenvalue weighted by atomic mass is 32.2. The Morgan fingerprint density at radius 2 is 2.25 bits per heavy atom. The van der Waals surface area contributed by atoms with E-state index < -0.39 is 15.9 Å². The topological polar surface area (TPSA) is 57.6 Å². The molecule has 0 aromatic heterocycles. The second kappa shape index (κ2) is 6.23. The molecule has 1 rings (SSSR count). The van der Waals surface area contributed by atoms with Crippen LogP contribution in [0.5, 0.6) is 0 Å². The molecule has 1 aliphatic heterocycles. The van der Waals surface area contributed by atoms with Crippen molar-refractivity contribution in [2.75, 3.05) is 37.1 Å². The normalized spacial score (nSPS) is 25.6. The number of likely N-dealkylation sites (N-methyl/N-ethyl adjacent to an activating group) is 1. The third-order valence-corrected chi connectivity index (χ3v) is 4.98. The molecule has 1 N–H and O–H groups in total. The first-order valence-electron chi connectivity index (χ1n) is 5.54. The molecule has 6 heteroatoms. The summed E-state index contributed by atoms with van der Waals surface area (Å²) in [7, 11) is -0.876. The molecule has 1 aliphatic rings. The number of aliphatic hydroxyl groups is 1. The molecule has 0 aromatic rings. The third-order valence-electron chi connectivity index (χ3n) is 2.90. The van der Waals surface area contributed by atoms with E-state index in [2.05, 4.69) is 4.90 Å². The summed E-state index contributed by atoms with van der Waals surface area (Å²) in [5.41, 5.74) is 0. The van der Waals surface area contributed by atoms with Gasteiger partial charge in [0.1, 0.15) is 9.84 Å². The van der Waals surface area contributed by atoms with Gasteiger partial charge in [0.05, 0.1) is 6.10 Å². The van der Waals surface area contributed by atoms with Crippen LogP contribution in [0.4, 0.5) is 0 Å². The maximum atomic E-state index is 11.0. The third kappa shape index (κ3) is 5.03. The van der Waals surface area contributed by atoms with E-state index in [4.69, 9.17) is 0 Å². The predicted molar refractivity (Wildman–Crippen MR) is 68.7 cm³/mol. The summed E-state index contributed by atoms with van der Waals surface area (Å²) in [5, 5.41) is 9.99. The first kappa shape index (κ1) is 14.3. The van der Waals surface area contributed by atoms with Gasteiger partial charge >= 0.3 is 0 Å². The molecule has 2 unspecified atom stereocenters. The maximum Gasteiger partial charge on any atom is 0.147 e. The highest BCUT2D eigenvalue weighted by Gasteiger charge is 2.26. The molecule has 96 valence electrons. The summed E-state index contributed by atoms with van der Waals surface area (Å²) in [4.78, 5) is 2.17. The monoisotopic (exact) mass is 267 g/mol. The second-order valence-electron chi connectivity index (χ2n) is 4.46. The zero-order valence-electron chi connectivity index (χ0n) is 9.92. The van der Waals surface area contributed by atoms with Gasteiger partial charge in [-0.2, -0.15) is 11.8 Å². The number of hydrogen-bond acceptors (Lipinski definition) is 5. The lowest BCUT2D eigenvalue weighted by Crippen LogP contribution is -2.47. The van der Waals surface area contributed by atoms with E-state index in [0.29, 0.717) is 12.8 Å². The Bertz CT molecular complexity index is 305. The van der Waals surface area contributed by atoms with Gasteiger partial charge < -0.3 is 5.11 Å². The van der Waals surface area contributed by atoms with Crippen LogP contribution in [0.3, 0.4) is 0 Å². The van der Waals surface area contributed by atoms with E-state index in [1.165, 1.54) is 6.26 Å². The van der Waals surface area contributed by atoms with E-state index >= 15 is 0 Å². The zero-order valence-corrected chi connectivity index (χ0v) is 11.6. The molecule has 0 radical (unpaired) electrons. The van der Waals surface area contributed by atoms with Crippen molar-refractivity contribution in [1.82, 2.24) is 4.90 Å². The van der Waals surface area contributed by atoms with Crippen molar-refractivity contribution < 1.29 is 13.5 Å². The highest BCUT2D eigenvalue weighted by molar-refractivity contribution is 7.99. The maximum absolute atomic E-state index is 11.0. The van der Waals surface area contributed by atoms with Crippen LogP contribution in [0.25, 0.3) is 0 Å². The van der Waals surface area contributed by atoms with E-state index in [9.17, 15) is 13.5 Å². The lowest BCUT2D eigenvalue weighted by Gasteiger charge is -2.35. The van der Waals surface area contributed by atoms with Crippen LogP contribution in [0, 0.1) is 0 Å². The van der Waals surface area contributed by atoms with Crippen molar-refractivity contribution >= 4 is 21.6 Å². The predicted octanol–water partition coefficient (Wildman–Crippen LogP) is 0.219. The Balaban J connectivity index is 2.31. The Labute approximate surface area is 102 Å². The largest absolute Gasteiger partial charge is 0.391 e. The van der Waals surface area contributed by atoms with Crippen LogP contribution in [0.1, 0.15) is 12.8 Å². The average Bonchev–Trinajstić information content (AvgIpc) is 2.16. The minimum atomic E-state index is -2.89. The average molecular weight is 267 g/mol. The summed E-state index contributed by atoms with van der Waals surface area (Å²) in [6.45, 7) is 0.998. The van der Waals surface area contributed by atoms with Gasteiger partial charge in [-0.05, 0) is 19.9 Å². The molecule has 1 heterocycles. The van der Waals surface area contributed by atoms with Gasteiger partial charge in [0.15, 0.2) is 0 Å². The molecule has 2 atom stereocenters. The van der Waals surface area contributed by atoms with Gasteiger partial charge in [0, 0.05) is 36.1 Å². The molecule has 1 fully saturated rings. The number of sulfone groups is 1. The van der Waals surface area contributed by atoms with Crippen LogP contribution in [0.15, 0.2) is 0 Å². The number of rotatable bonds is 5. The Morgan fingerprint density at radius 1 is 1.56 bits per heavy atom. The number of thioether (sulfide) groups is 1. The van der Waals surface area contributed by atoms with Gasteiger partial charge in [0.25, 0.3) is 0 Å². The van der Waals surface area contributed by atoms with E-state index in [1.807, 2.05) is 18.8 Å². The lowest BCUT2D eigenvalue weighted by atomic mass is 10.1. The van der Waals surface area contributed by atoms with E-state index in [0.717, 1.165) is 18.1 Å². The summed E-state index contributed by atoms with van der Waals surface area (Å²) < 4.78 is 21.9. The van der Waals surface area contributed by atoms with Crippen molar-refractivity contribution in [2.24, 2.45) is 0 Å². The molecular formula is C10H21NO3S2. The van der Waals surface area contributed by atoms with Crippen LogP contribution in [0.2, 0.25) is 0 Å². The Hall–Kier alpha value is 0.220. The fourth-order valence-corrected chi connectivity index (χ4v) is 3.85. The molecule has 0 aliphatic carbocycles. The molecule has 1 saturated heterocycles. The highest BCUT2D eigenvalue weighted by Crippen LogP contribution is 2.19. The fourth-order valence-electron chi connectivity index (χ4n) is 1.86. The van der Waals surface area contributed by atoms with Gasteiger partial charge in [-0.3, -0.25) is 4.90 Å². The Morgan fingerprint density at radius 3 is 2.81 bits per heavy atom. The van der Waals surface area contributed by atoms with Crippen molar-refractivity contribution in [3.05, 3.63) is 0 Å². The Kier molecular flexibility index (Phi) is 5.56. The SMILES string of the molecule is CN1CCSCC1C(O)CCCS(C)(=O)=O. The second-order valence-corrected chi connectivity index (χ2v) is 7.87. The summed E-state index contributed by atoms with van der Waals surface area (Å²) >= 11 is 1.85. The summed E-state index contributed by atoms with van der Waals surface area (Å²) in [6.07, 6.45) is 1.96. The lowest BCUT2D eigenvalue weighted by molar-refractivity contribution is 0.0691. The van der Waals surface area contributed by atoms with Crippen LogP contribution in [-0.4, -0.2) is 67.7 Å². The molecule has 0 spiro atoms. The molecular weight excluding hydrogens is 246 g/mol. The standard InChI is InChI=1S/C10H21NO3S2/c1-11-5-6-15-8-9(11)10(12)4-3-7-16(2,13)14/h9-10,12H,3-8H2,1-2H3. The minimum Gasteiger partial charge on any atom is -0.391 e. The zero-order chi connectivity index (χ0) is 12.2. The molecule has 16 heavy (non-hydrogen) atoms. The fraction of sp³-hybridized carbons (Fsp3) is 1.00. The summed E-state index contributed by atoms with van der Waals surface area (Å²) in [6, 6.07) is 0.179. The smallest absolute Gasteiger partial charge is 0.147 e. The summed E-state index contributed by atoms with van der Waals surface area (Å²) in [5.74, 6) is 2.23. The first-order valence-corrected chi connectivity index (χ1v) is 8.75. The number of nitrogens with zero attached hydrogens (tertiary/aromatic N) is 1. The van der Waals surface area contributed by atoms with Crippen LogP contribution in [-0.2, 0) is 9.84 Å². The van der Waals surface area contributed by atoms with Crippen molar-refractivity contribution in [3.63, 3.8) is 0 Å². The number of hydrogen-bond donors (Lipinski definition) is 1. The molecule has 0 aromatic carbocycles.